The molecule has 21 heavy (non-hydrogen) atoms. The zero-order valence-corrected chi connectivity index (χ0v) is 12.1. The van der Waals surface area contributed by atoms with Crippen LogP contribution in [-0.2, 0) is 0 Å². The van der Waals surface area contributed by atoms with Crippen molar-refractivity contribution in [2.45, 2.75) is 25.2 Å². The number of fused-ring (bicyclic) bond motifs is 1. The third-order valence-electron chi connectivity index (χ3n) is 3.96. The van der Waals surface area contributed by atoms with E-state index in [-0.39, 0.29) is 5.91 Å². The number of pyridine rings is 1. The van der Waals surface area contributed by atoms with Crippen LogP contribution in [0.3, 0.4) is 0 Å². The molecule has 4 rings (SSSR count). The number of aromatic nitrogens is 3. The lowest BCUT2D eigenvalue weighted by Crippen LogP contribution is -2.14. The van der Waals surface area contributed by atoms with Crippen molar-refractivity contribution < 1.29 is 4.79 Å². The van der Waals surface area contributed by atoms with Gasteiger partial charge in [0, 0.05) is 17.5 Å². The predicted molar refractivity (Wildman–Crippen MR) is 81.9 cm³/mol. The molecule has 1 aliphatic rings. The van der Waals surface area contributed by atoms with E-state index in [1.165, 1.54) is 30.6 Å². The molecule has 3 aromatic rings. The van der Waals surface area contributed by atoms with Crippen molar-refractivity contribution in [1.29, 1.82) is 0 Å². The molecule has 0 atom stereocenters. The lowest BCUT2D eigenvalue weighted by atomic mass is 9.85. The monoisotopic (exact) mass is 298 g/mol. The highest BCUT2D eigenvalue weighted by molar-refractivity contribution is 7.08. The molecular formula is C15H14N4OS. The van der Waals surface area contributed by atoms with Gasteiger partial charge in [-0.2, -0.15) is 11.3 Å². The topological polar surface area (TPSA) is 59.3 Å². The average Bonchev–Trinajstić information content (AvgIpc) is 3.07. The highest BCUT2D eigenvalue weighted by Gasteiger charge is 2.25. The van der Waals surface area contributed by atoms with Crippen molar-refractivity contribution in [2.75, 3.05) is 5.32 Å². The highest BCUT2D eigenvalue weighted by atomic mass is 32.1. The van der Waals surface area contributed by atoms with Gasteiger partial charge in [-0.15, -0.1) is 10.2 Å². The van der Waals surface area contributed by atoms with Gasteiger partial charge in [-0.3, -0.25) is 9.20 Å². The minimum Gasteiger partial charge on any atom is -0.319 e. The summed E-state index contributed by atoms with van der Waals surface area (Å²) in [5, 5.41) is 15.2. The van der Waals surface area contributed by atoms with Crippen LogP contribution in [0.2, 0.25) is 0 Å². The summed E-state index contributed by atoms with van der Waals surface area (Å²) in [6.45, 7) is 0. The van der Waals surface area contributed by atoms with Gasteiger partial charge in [0.15, 0.2) is 5.65 Å². The fraction of sp³-hybridized carbons (Fsp3) is 0.267. The molecule has 0 saturated heterocycles. The van der Waals surface area contributed by atoms with Crippen LogP contribution in [0, 0.1) is 0 Å². The molecule has 1 amide bonds. The summed E-state index contributed by atoms with van der Waals surface area (Å²) in [5.74, 6) is 1.39. The zero-order valence-electron chi connectivity index (χ0n) is 11.3. The van der Waals surface area contributed by atoms with Crippen LogP contribution >= 0.6 is 11.3 Å². The first-order chi connectivity index (χ1) is 10.3. The molecule has 1 aliphatic carbocycles. The minimum atomic E-state index is -0.113. The molecule has 0 radical (unpaired) electrons. The molecule has 0 aliphatic heterocycles. The van der Waals surface area contributed by atoms with E-state index in [0.29, 0.717) is 22.8 Å². The van der Waals surface area contributed by atoms with E-state index in [2.05, 4.69) is 15.5 Å². The third kappa shape index (κ3) is 2.12. The molecule has 3 heterocycles. The second-order valence-electron chi connectivity index (χ2n) is 5.27. The molecule has 106 valence electrons. The van der Waals surface area contributed by atoms with Crippen LogP contribution in [0.25, 0.3) is 5.65 Å². The van der Waals surface area contributed by atoms with Crippen LogP contribution in [0.15, 0.2) is 35.2 Å². The first-order valence-electron chi connectivity index (χ1n) is 7.00. The van der Waals surface area contributed by atoms with E-state index >= 15 is 0 Å². The van der Waals surface area contributed by atoms with Crippen LogP contribution in [-0.4, -0.2) is 20.5 Å². The molecule has 1 fully saturated rings. The number of hydrogen-bond acceptors (Lipinski definition) is 4. The van der Waals surface area contributed by atoms with Gasteiger partial charge in [0.25, 0.3) is 5.91 Å². The first kappa shape index (κ1) is 12.5. The van der Waals surface area contributed by atoms with Crippen molar-refractivity contribution in [3.8, 4) is 0 Å². The van der Waals surface area contributed by atoms with Crippen LogP contribution in [0.4, 0.5) is 5.69 Å². The molecular weight excluding hydrogens is 284 g/mol. The Balaban J connectivity index is 1.69. The molecule has 3 aromatic heterocycles. The molecule has 0 bridgehead atoms. The molecule has 5 nitrogen and oxygen atoms in total. The number of anilines is 1. The number of nitrogens with zero attached hydrogens (tertiary/aromatic N) is 3. The van der Waals surface area contributed by atoms with Gasteiger partial charge in [0.2, 0.25) is 0 Å². The second kappa shape index (κ2) is 4.96. The largest absolute Gasteiger partial charge is 0.319 e. The summed E-state index contributed by atoms with van der Waals surface area (Å²) in [7, 11) is 0. The summed E-state index contributed by atoms with van der Waals surface area (Å²) in [5.41, 5.74) is 2.08. The summed E-state index contributed by atoms with van der Waals surface area (Å²) in [4.78, 5) is 12.2. The van der Waals surface area contributed by atoms with Crippen molar-refractivity contribution in [2.24, 2.45) is 0 Å². The molecule has 1 N–H and O–H groups in total. The quantitative estimate of drug-likeness (QED) is 0.807. The van der Waals surface area contributed by atoms with Gasteiger partial charge in [-0.25, -0.2) is 0 Å². The van der Waals surface area contributed by atoms with Crippen LogP contribution < -0.4 is 5.32 Å². The number of amides is 1. The van der Waals surface area contributed by atoms with Crippen LogP contribution in [0.1, 0.15) is 41.4 Å². The SMILES string of the molecule is O=C(Nc1cccn2c(C3CCC3)nnc12)c1ccsc1. The van der Waals surface area contributed by atoms with Crippen molar-refractivity contribution in [3.63, 3.8) is 0 Å². The van der Waals surface area contributed by atoms with Gasteiger partial charge in [0.1, 0.15) is 5.82 Å². The summed E-state index contributed by atoms with van der Waals surface area (Å²) in [6.07, 6.45) is 5.57. The number of rotatable bonds is 3. The first-order valence-corrected chi connectivity index (χ1v) is 7.94. The number of nitrogens with one attached hydrogen (secondary N) is 1. The van der Waals surface area contributed by atoms with E-state index in [4.69, 9.17) is 0 Å². The zero-order chi connectivity index (χ0) is 14.2. The number of hydrogen-bond donors (Lipinski definition) is 1. The Bertz CT molecular complexity index is 789. The summed E-state index contributed by atoms with van der Waals surface area (Å²) < 4.78 is 1.99. The van der Waals surface area contributed by atoms with E-state index < -0.39 is 0 Å². The standard InChI is InChI=1S/C15H14N4OS/c20-15(11-6-8-21-9-11)16-12-5-2-7-19-13(10-3-1-4-10)17-18-14(12)19/h2,5-10H,1,3-4H2,(H,16,20). The number of thiophene rings is 1. The van der Waals surface area contributed by atoms with Crippen molar-refractivity contribution in [1.82, 2.24) is 14.6 Å². The molecule has 1 saturated carbocycles. The Morgan fingerprint density at radius 2 is 2.24 bits per heavy atom. The van der Waals surface area contributed by atoms with E-state index in [1.54, 1.807) is 0 Å². The maximum atomic E-state index is 12.2. The Morgan fingerprint density at radius 1 is 1.33 bits per heavy atom. The number of carbonyl (C=O) groups is 1. The van der Waals surface area contributed by atoms with Gasteiger partial charge in [-0.1, -0.05) is 6.42 Å². The van der Waals surface area contributed by atoms with Gasteiger partial charge in [-0.05, 0) is 36.4 Å². The van der Waals surface area contributed by atoms with Gasteiger partial charge >= 0.3 is 0 Å². The van der Waals surface area contributed by atoms with E-state index in [9.17, 15) is 4.79 Å². The van der Waals surface area contributed by atoms with Crippen LogP contribution in [0.5, 0.6) is 0 Å². The number of carbonyl (C=O) groups excluding carboxylic acids is 1. The van der Waals surface area contributed by atoms with Crippen molar-refractivity contribution >= 4 is 28.6 Å². The third-order valence-corrected chi connectivity index (χ3v) is 4.65. The average molecular weight is 298 g/mol. The molecule has 6 heteroatoms. The van der Waals surface area contributed by atoms with Gasteiger partial charge < -0.3 is 5.32 Å². The Labute approximate surface area is 125 Å². The smallest absolute Gasteiger partial charge is 0.256 e. The molecule has 0 spiro atoms. The maximum Gasteiger partial charge on any atom is 0.256 e. The molecule has 0 aromatic carbocycles. The fourth-order valence-electron chi connectivity index (χ4n) is 2.56. The minimum absolute atomic E-state index is 0.113. The lowest BCUT2D eigenvalue weighted by Gasteiger charge is -2.23. The van der Waals surface area contributed by atoms with Crippen molar-refractivity contribution in [3.05, 3.63) is 46.5 Å². The summed E-state index contributed by atoms with van der Waals surface area (Å²) in [6, 6.07) is 5.59. The Hall–Kier alpha value is -2.21. The Kier molecular flexibility index (Phi) is 2.96. The highest BCUT2D eigenvalue weighted by Crippen LogP contribution is 2.35. The Morgan fingerprint density at radius 3 is 2.95 bits per heavy atom. The second-order valence-corrected chi connectivity index (χ2v) is 6.05. The molecule has 0 unspecified atom stereocenters. The van der Waals surface area contributed by atoms with E-state index in [1.807, 2.05) is 39.6 Å². The summed E-state index contributed by atoms with van der Waals surface area (Å²) >= 11 is 1.51. The maximum absolute atomic E-state index is 12.2. The van der Waals surface area contributed by atoms with E-state index in [0.717, 1.165) is 5.82 Å². The van der Waals surface area contributed by atoms with Gasteiger partial charge in [0.05, 0.1) is 11.3 Å². The fourth-order valence-corrected chi connectivity index (χ4v) is 3.20. The normalized spacial score (nSPS) is 15.0. The predicted octanol–water partition coefficient (Wildman–Crippen LogP) is 3.31. The lowest BCUT2D eigenvalue weighted by molar-refractivity contribution is 0.102.